The molecule has 0 bridgehead atoms. The van der Waals surface area contributed by atoms with E-state index in [0.29, 0.717) is 16.9 Å². The lowest BCUT2D eigenvalue weighted by Crippen LogP contribution is -2.42. The number of aliphatic imine (C=N–C) groups is 1. The number of benzene rings is 1. The lowest BCUT2D eigenvalue weighted by Gasteiger charge is -2.25. The Morgan fingerprint density at radius 1 is 1.25 bits per heavy atom. The highest BCUT2D eigenvalue weighted by Crippen LogP contribution is 2.45. The van der Waals surface area contributed by atoms with Crippen molar-refractivity contribution in [2.45, 2.75) is 37.9 Å². The zero-order valence-electron chi connectivity index (χ0n) is 14.7. The third-order valence-corrected chi connectivity index (χ3v) is 6.71. The maximum Gasteiger partial charge on any atom is 0.193 e. The maximum absolute atomic E-state index is 12.2. The molecule has 5 heteroatoms. The van der Waals surface area contributed by atoms with E-state index in [1.165, 1.54) is 32.1 Å². The number of nitrogens with one attached hydrogen (secondary N) is 1. The molecular formula is C19H29N3OS. The van der Waals surface area contributed by atoms with Crippen molar-refractivity contribution < 1.29 is 4.21 Å². The van der Waals surface area contributed by atoms with Crippen LogP contribution in [-0.2, 0) is 16.6 Å². The molecule has 2 aliphatic rings. The first-order valence-electron chi connectivity index (χ1n) is 9.05. The van der Waals surface area contributed by atoms with Crippen LogP contribution in [0.25, 0.3) is 0 Å². The Bertz CT molecular complexity index is 582. The van der Waals surface area contributed by atoms with Gasteiger partial charge in [0, 0.05) is 49.0 Å². The normalized spacial score (nSPS) is 21.4. The first-order valence-corrected chi connectivity index (χ1v) is 10.5. The summed E-state index contributed by atoms with van der Waals surface area (Å²) in [6.07, 6.45) is 6.83. The summed E-state index contributed by atoms with van der Waals surface area (Å²) < 4.78 is 12.2. The third-order valence-electron chi connectivity index (χ3n) is 5.40. The van der Waals surface area contributed by atoms with Crippen LogP contribution in [0.1, 0.15) is 37.7 Å². The Labute approximate surface area is 148 Å². The van der Waals surface area contributed by atoms with Gasteiger partial charge in [-0.05, 0) is 30.2 Å². The Hall–Kier alpha value is -1.36. The quantitative estimate of drug-likeness (QED) is 0.658. The third kappa shape index (κ3) is 4.38. The molecule has 24 heavy (non-hydrogen) atoms. The molecule has 2 fully saturated rings. The summed E-state index contributed by atoms with van der Waals surface area (Å²) in [6.45, 7) is 2.96. The molecule has 1 aliphatic carbocycles. The van der Waals surface area contributed by atoms with E-state index in [1.54, 1.807) is 0 Å². The highest BCUT2D eigenvalue weighted by atomic mass is 32.2. The first-order chi connectivity index (χ1) is 11.7. The second-order valence-electron chi connectivity index (χ2n) is 7.13. The molecule has 1 saturated carbocycles. The zero-order valence-corrected chi connectivity index (χ0v) is 15.5. The number of nitrogens with zero attached hydrogens (tertiary/aromatic N) is 2. The Morgan fingerprint density at radius 2 is 2.00 bits per heavy atom. The lowest BCUT2D eigenvalue weighted by molar-refractivity contribution is 0.309. The molecule has 0 radical (unpaired) electrons. The molecule has 1 spiro atoms. The fourth-order valence-corrected chi connectivity index (χ4v) is 5.13. The van der Waals surface area contributed by atoms with E-state index in [9.17, 15) is 4.21 Å². The van der Waals surface area contributed by atoms with Crippen LogP contribution >= 0.6 is 0 Å². The van der Waals surface area contributed by atoms with Crippen LogP contribution in [-0.4, -0.2) is 47.5 Å². The van der Waals surface area contributed by atoms with Crippen molar-refractivity contribution in [1.82, 2.24) is 10.2 Å². The average Bonchev–Trinajstić information content (AvgIpc) is 3.23. The summed E-state index contributed by atoms with van der Waals surface area (Å²) in [7, 11) is 1.01. The van der Waals surface area contributed by atoms with Crippen molar-refractivity contribution in [3.63, 3.8) is 0 Å². The van der Waals surface area contributed by atoms with Crippen LogP contribution in [0.4, 0.5) is 0 Å². The number of rotatable bonds is 5. The molecular weight excluding hydrogens is 318 g/mol. The highest BCUT2D eigenvalue weighted by molar-refractivity contribution is 7.84. The van der Waals surface area contributed by atoms with Gasteiger partial charge in [0.05, 0.1) is 0 Å². The van der Waals surface area contributed by atoms with Crippen LogP contribution in [0.3, 0.4) is 0 Å². The minimum absolute atomic E-state index is 0.549. The summed E-state index contributed by atoms with van der Waals surface area (Å²) in [5.74, 6) is 2.27. The maximum atomic E-state index is 12.2. The molecule has 1 N–H and O–H groups in total. The van der Waals surface area contributed by atoms with Crippen LogP contribution in [0.5, 0.6) is 0 Å². The summed E-state index contributed by atoms with van der Waals surface area (Å²) in [6, 6.07) is 10.1. The van der Waals surface area contributed by atoms with Gasteiger partial charge in [0.2, 0.25) is 0 Å². The van der Waals surface area contributed by atoms with Crippen LogP contribution < -0.4 is 5.32 Å². The van der Waals surface area contributed by atoms with Gasteiger partial charge in [-0.2, -0.15) is 0 Å². The molecule has 1 aromatic rings. The fourth-order valence-electron chi connectivity index (χ4n) is 4.09. The number of hydrogen-bond donors (Lipinski definition) is 1. The zero-order chi connectivity index (χ0) is 16.8. The van der Waals surface area contributed by atoms with Gasteiger partial charge in [-0.25, -0.2) is 0 Å². The summed E-state index contributed by atoms with van der Waals surface area (Å²) in [4.78, 5) is 6.83. The molecule has 1 heterocycles. The fraction of sp³-hybridized carbons (Fsp3) is 0.632. The molecule has 132 valence electrons. The van der Waals surface area contributed by atoms with Gasteiger partial charge in [0.1, 0.15) is 0 Å². The van der Waals surface area contributed by atoms with E-state index in [-0.39, 0.29) is 0 Å². The van der Waals surface area contributed by atoms with Crippen molar-refractivity contribution in [2.75, 3.05) is 32.4 Å². The van der Waals surface area contributed by atoms with E-state index in [4.69, 9.17) is 0 Å². The topological polar surface area (TPSA) is 44.7 Å². The van der Waals surface area contributed by atoms with Crippen LogP contribution in [0.2, 0.25) is 0 Å². The molecule has 1 saturated heterocycles. The van der Waals surface area contributed by atoms with Gasteiger partial charge in [-0.15, -0.1) is 0 Å². The molecule has 0 aromatic heterocycles. The average molecular weight is 348 g/mol. The van der Waals surface area contributed by atoms with Gasteiger partial charge in [-0.3, -0.25) is 9.20 Å². The number of guanidine groups is 1. The molecule has 3 rings (SSSR count). The molecule has 1 unspecified atom stereocenters. The molecule has 1 aromatic carbocycles. The van der Waals surface area contributed by atoms with Crippen molar-refractivity contribution in [1.29, 1.82) is 0 Å². The van der Waals surface area contributed by atoms with Crippen molar-refractivity contribution in [3.05, 3.63) is 35.9 Å². The van der Waals surface area contributed by atoms with E-state index < -0.39 is 10.8 Å². The second kappa shape index (κ2) is 8.15. The molecule has 4 nitrogen and oxygen atoms in total. The Balaban J connectivity index is 1.42. The van der Waals surface area contributed by atoms with Crippen LogP contribution in [0, 0.1) is 5.41 Å². The van der Waals surface area contributed by atoms with Gasteiger partial charge in [0.15, 0.2) is 5.96 Å². The summed E-state index contributed by atoms with van der Waals surface area (Å²) in [5.41, 5.74) is 1.69. The monoisotopic (exact) mass is 347 g/mol. The van der Waals surface area contributed by atoms with E-state index in [1.807, 2.05) is 37.4 Å². The predicted molar refractivity (Wildman–Crippen MR) is 102 cm³/mol. The molecule has 1 aliphatic heterocycles. The van der Waals surface area contributed by atoms with E-state index >= 15 is 0 Å². The molecule has 0 amide bonds. The first kappa shape index (κ1) is 17.5. The highest BCUT2D eigenvalue weighted by Gasteiger charge is 2.40. The Kier molecular flexibility index (Phi) is 5.93. The van der Waals surface area contributed by atoms with Gasteiger partial charge in [-0.1, -0.05) is 43.2 Å². The van der Waals surface area contributed by atoms with Crippen molar-refractivity contribution >= 4 is 16.8 Å². The van der Waals surface area contributed by atoms with E-state index in [2.05, 4.69) is 15.2 Å². The number of hydrogen-bond acceptors (Lipinski definition) is 2. The van der Waals surface area contributed by atoms with Crippen molar-refractivity contribution in [2.24, 2.45) is 10.4 Å². The van der Waals surface area contributed by atoms with Crippen LogP contribution in [0.15, 0.2) is 35.3 Å². The smallest absolute Gasteiger partial charge is 0.193 e. The van der Waals surface area contributed by atoms with Gasteiger partial charge < -0.3 is 10.2 Å². The summed E-state index contributed by atoms with van der Waals surface area (Å²) in [5, 5.41) is 3.42. The largest absolute Gasteiger partial charge is 0.355 e. The molecule has 1 atom stereocenters. The van der Waals surface area contributed by atoms with Gasteiger partial charge in [0.25, 0.3) is 0 Å². The second-order valence-corrected chi connectivity index (χ2v) is 8.70. The predicted octanol–water partition coefficient (Wildman–Crippen LogP) is 2.78. The van der Waals surface area contributed by atoms with Crippen molar-refractivity contribution in [3.8, 4) is 0 Å². The lowest BCUT2D eigenvalue weighted by atomic mass is 9.86. The van der Waals surface area contributed by atoms with Gasteiger partial charge >= 0.3 is 0 Å². The van der Waals surface area contributed by atoms with E-state index in [0.717, 1.165) is 31.2 Å². The number of likely N-dealkylation sites (tertiary alicyclic amines) is 1. The summed E-state index contributed by atoms with van der Waals surface area (Å²) >= 11 is 0. The minimum atomic E-state index is -0.835. The SMILES string of the molecule is CN=C(NCCS(=O)Cc1ccccc1)N1CCC2(CCCC2)C1. The minimum Gasteiger partial charge on any atom is -0.355 e. The Morgan fingerprint density at radius 3 is 2.71 bits per heavy atom. The standard InChI is InChI=1S/C19H29N3OS/c1-20-18(22-13-11-19(16-22)9-5-6-10-19)21-12-14-24(23)15-17-7-3-2-4-8-17/h2-4,7-8H,5-6,9-16H2,1H3,(H,20,21).